The highest BCUT2D eigenvalue weighted by atomic mass is 79.9. The molecule has 0 saturated heterocycles. The van der Waals surface area contributed by atoms with E-state index in [0.717, 1.165) is 6.07 Å². The van der Waals surface area contributed by atoms with Crippen LogP contribution in [0.25, 0.3) is 0 Å². The van der Waals surface area contributed by atoms with E-state index in [4.69, 9.17) is 0 Å². The second-order valence-electron chi connectivity index (χ2n) is 4.05. The molecule has 1 unspecified atom stereocenters. The van der Waals surface area contributed by atoms with E-state index in [1.165, 1.54) is 24.3 Å². The summed E-state index contributed by atoms with van der Waals surface area (Å²) in [5.74, 6) is -1.73. The van der Waals surface area contributed by atoms with Crippen LogP contribution in [0.15, 0.2) is 40.9 Å². The van der Waals surface area contributed by atoms with Crippen LogP contribution in [0.3, 0.4) is 0 Å². The van der Waals surface area contributed by atoms with E-state index in [1.807, 2.05) is 0 Å². The van der Waals surface area contributed by atoms with Crippen molar-refractivity contribution in [2.45, 2.75) is 6.04 Å². The Morgan fingerprint density at radius 3 is 2.21 bits per heavy atom. The summed E-state index contributed by atoms with van der Waals surface area (Å²) in [6.07, 6.45) is 0. The molecule has 0 radical (unpaired) electrons. The van der Waals surface area contributed by atoms with Crippen molar-refractivity contribution in [1.29, 1.82) is 0 Å². The number of hydrogen-bond donors (Lipinski definition) is 1. The van der Waals surface area contributed by atoms with Gasteiger partial charge >= 0.3 is 0 Å². The van der Waals surface area contributed by atoms with Gasteiger partial charge in [-0.1, -0.05) is 22.0 Å². The second kappa shape index (κ2) is 5.75. The van der Waals surface area contributed by atoms with Crippen molar-refractivity contribution in [3.8, 4) is 0 Å². The van der Waals surface area contributed by atoms with Gasteiger partial charge in [0.25, 0.3) is 0 Å². The smallest absolute Gasteiger partial charge is 0.131 e. The minimum Gasteiger partial charge on any atom is -0.309 e. The van der Waals surface area contributed by atoms with Gasteiger partial charge in [-0.3, -0.25) is 0 Å². The third-order valence-corrected chi connectivity index (χ3v) is 3.55. The van der Waals surface area contributed by atoms with Crippen molar-refractivity contribution >= 4 is 15.9 Å². The number of hydrogen-bond acceptors (Lipinski definition) is 1. The summed E-state index contributed by atoms with van der Waals surface area (Å²) in [7, 11) is 1.63. The lowest BCUT2D eigenvalue weighted by molar-refractivity contribution is 0.549. The zero-order valence-electron chi connectivity index (χ0n) is 10.1. The van der Waals surface area contributed by atoms with E-state index in [1.54, 1.807) is 13.1 Å². The molecule has 0 aromatic heterocycles. The molecule has 2 aromatic rings. The molecule has 0 heterocycles. The molecule has 1 N–H and O–H groups in total. The maximum atomic E-state index is 13.8. The lowest BCUT2D eigenvalue weighted by Crippen LogP contribution is -2.19. The predicted octanol–water partition coefficient (Wildman–Crippen LogP) is 4.18. The Balaban J connectivity index is 2.52. The molecule has 0 amide bonds. The Morgan fingerprint density at radius 1 is 0.947 bits per heavy atom. The highest BCUT2D eigenvalue weighted by molar-refractivity contribution is 9.10. The molecular weight excluding hydrogens is 319 g/mol. The third-order valence-electron chi connectivity index (χ3n) is 2.83. The van der Waals surface area contributed by atoms with Crippen LogP contribution in [-0.2, 0) is 0 Å². The minimum absolute atomic E-state index is 0.259. The molecule has 5 heteroatoms. The van der Waals surface area contributed by atoms with Gasteiger partial charge in [-0.2, -0.15) is 0 Å². The molecule has 2 rings (SSSR count). The topological polar surface area (TPSA) is 12.0 Å². The molecule has 1 nitrogen and oxygen atoms in total. The summed E-state index contributed by atoms with van der Waals surface area (Å²) >= 11 is 3.31. The van der Waals surface area contributed by atoms with Crippen LogP contribution in [0.2, 0.25) is 0 Å². The molecule has 0 aliphatic heterocycles. The number of benzene rings is 2. The van der Waals surface area contributed by atoms with Crippen LogP contribution in [0, 0.1) is 17.5 Å². The fourth-order valence-corrected chi connectivity index (χ4v) is 2.43. The molecule has 0 saturated carbocycles. The number of rotatable bonds is 3. The van der Waals surface area contributed by atoms with Gasteiger partial charge in [0.2, 0.25) is 0 Å². The second-order valence-corrected chi connectivity index (χ2v) is 4.91. The first-order valence-corrected chi connectivity index (χ1v) is 6.39. The van der Waals surface area contributed by atoms with Crippen molar-refractivity contribution in [3.63, 3.8) is 0 Å². The Morgan fingerprint density at radius 2 is 1.58 bits per heavy atom. The Kier molecular flexibility index (Phi) is 4.27. The molecule has 0 bridgehead atoms. The zero-order chi connectivity index (χ0) is 14.0. The summed E-state index contributed by atoms with van der Waals surface area (Å²) in [6.45, 7) is 0. The summed E-state index contributed by atoms with van der Waals surface area (Å²) in [5, 5.41) is 2.90. The fraction of sp³-hybridized carbons (Fsp3) is 0.143. The highest BCUT2D eigenvalue weighted by Gasteiger charge is 2.19. The van der Waals surface area contributed by atoms with E-state index >= 15 is 0 Å². The van der Waals surface area contributed by atoms with Gasteiger partial charge < -0.3 is 5.32 Å². The molecule has 0 aliphatic rings. The summed E-state index contributed by atoms with van der Waals surface area (Å²) < 4.78 is 40.7. The third kappa shape index (κ3) is 2.98. The average molecular weight is 330 g/mol. The van der Waals surface area contributed by atoms with Crippen molar-refractivity contribution in [1.82, 2.24) is 5.32 Å². The maximum absolute atomic E-state index is 13.8. The standard InChI is InChI=1S/C14H11BrF3N/c1-19-14(10-4-2-9(17)7-13(10)18)11-6-8(16)3-5-12(11)15/h2-7,14,19H,1H3. The van der Waals surface area contributed by atoms with E-state index in [0.29, 0.717) is 10.0 Å². The van der Waals surface area contributed by atoms with Crippen LogP contribution < -0.4 is 5.32 Å². The number of nitrogens with one attached hydrogen (secondary N) is 1. The molecule has 19 heavy (non-hydrogen) atoms. The molecule has 2 aromatic carbocycles. The minimum atomic E-state index is -0.671. The lowest BCUT2D eigenvalue weighted by Gasteiger charge is -2.19. The van der Waals surface area contributed by atoms with Gasteiger partial charge in [0.1, 0.15) is 17.5 Å². The van der Waals surface area contributed by atoms with Crippen LogP contribution in [0.4, 0.5) is 13.2 Å². The zero-order valence-corrected chi connectivity index (χ0v) is 11.6. The monoisotopic (exact) mass is 329 g/mol. The normalized spacial score (nSPS) is 12.5. The molecule has 0 spiro atoms. The molecular formula is C14H11BrF3N. The van der Waals surface area contributed by atoms with Crippen LogP contribution in [0.5, 0.6) is 0 Å². The van der Waals surface area contributed by atoms with E-state index in [9.17, 15) is 13.2 Å². The van der Waals surface area contributed by atoms with Gasteiger partial charge in [0.15, 0.2) is 0 Å². The van der Waals surface area contributed by atoms with Gasteiger partial charge in [0.05, 0.1) is 6.04 Å². The lowest BCUT2D eigenvalue weighted by atomic mass is 9.98. The molecule has 0 fully saturated rings. The Labute approximate surface area is 117 Å². The van der Waals surface area contributed by atoms with Crippen molar-refractivity contribution in [2.75, 3.05) is 7.05 Å². The largest absolute Gasteiger partial charge is 0.309 e. The van der Waals surface area contributed by atoms with Gasteiger partial charge in [-0.05, 0) is 36.9 Å². The summed E-state index contributed by atoms with van der Waals surface area (Å²) in [5.41, 5.74) is 0.809. The summed E-state index contributed by atoms with van der Waals surface area (Å²) in [4.78, 5) is 0. The molecule has 100 valence electrons. The first kappa shape index (κ1) is 14.1. The van der Waals surface area contributed by atoms with Gasteiger partial charge in [-0.15, -0.1) is 0 Å². The first-order valence-electron chi connectivity index (χ1n) is 5.60. The van der Waals surface area contributed by atoms with Crippen LogP contribution in [0.1, 0.15) is 17.2 Å². The quantitative estimate of drug-likeness (QED) is 0.890. The maximum Gasteiger partial charge on any atom is 0.131 e. The first-order chi connectivity index (χ1) is 9.02. The van der Waals surface area contributed by atoms with Crippen molar-refractivity contribution in [3.05, 3.63) is 69.4 Å². The Bertz CT molecular complexity index is 601. The fourth-order valence-electron chi connectivity index (χ4n) is 1.95. The van der Waals surface area contributed by atoms with Crippen molar-refractivity contribution in [2.24, 2.45) is 0 Å². The van der Waals surface area contributed by atoms with Gasteiger partial charge in [0, 0.05) is 16.1 Å². The predicted molar refractivity (Wildman–Crippen MR) is 71.4 cm³/mol. The molecule has 1 atom stereocenters. The van der Waals surface area contributed by atoms with E-state index < -0.39 is 23.5 Å². The average Bonchev–Trinajstić information content (AvgIpc) is 2.36. The number of halogens is 4. The van der Waals surface area contributed by atoms with Gasteiger partial charge in [-0.25, -0.2) is 13.2 Å². The highest BCUT2D eigenvalue weighted by Crippen LogP contribution is 2.30. The Hall–Kier alpha value is -1.33. The van der Waals surface area contributed by atoms with Crippen LogP contribution >= 0.6 is 15.9 Å². The summed E-state index contributed by atoms with van der Waals surface area (Å²) in [6, 6.07) is 6.95. The molecule has 0 aliphatic carbocycles. The SMILES string of the molecule is CNC(c1ccc(F)cc1F)c1cc(F)ccc1Br. The van der Waals surface area contributed by atoms with Crippen molar-refractivity contribution < 1.29 is 13.2 Å². The van der Waals surface area contributed by atoms with E-state index in [2.05, 4.69) is 21.2 Å². The van der Waals surface area contributed by atoms with Crippen LogP contribution in [-0.4, -0.2) is 7.05 Å². The van der Waals surface area contributed by atoms with E-state index in [-0.39, 0.29) is 5.56 Å².